The molecule has 15 heavy (non-hydrogen) atoms. The van der Waals surface area contributed by atoms with Gasteiger partial charge in [0.05, 0.1) is 5.69 Å². The number of benzene rings is 1. The minimum absolute atomic E-state index is 0.546. The SMILES string of the molecule is Cc1ccc(-c2cccc(N)n2)cc1Br. The molecule has 2 N–H and O–H groups in total. The Labute approximate surface area is 97.3 Å². The minimum Gasteiger partial charge on any atom is -0.384 e. The second-order valence-corrected chi connectivity index (χ2v) is 4.27. The van der Waals surface area contributed by atoms with Crippen molar-refractivity contribution in [1.29, 1.82) is 0 Å². The van der Waals surface area contributed by atoms with Crippen molar-refractivity contribution in [1.82, 2.24) is 4.98 Å². The lowest BCUT2D eigenvalue weighted by molar-refractivity contribution is 1.32. The molecule has 0 amide bonds. The highest BCUT2D eigenvalue weighted by molar-refractivity contribution is 9.10. The van der Waals surface area contributed by atoms with Crippen LogP contribution in [0, 0.1) is 6.92 Å². The number of aryl methyl sites for hydroxylation is 1. The summed E-state index contributed by atoms with van der Waals surface area (Å²) in [7, 11) is 0. The van der Waals surface area contributed by atoms with Crippen molar-refractivity contribution in [3.63, 3.8) is 0 Å². The lowest BCUT2D eigenvalue weighted by atomic mass is 10.1. The maximum atomic E-state index is 5.64. The van der Waals surface area contributed by atoms with Gasteiger partial charge in [0, 0.05) is 10.0 Å². The Morgan fingerprint density at radius 3 is 2.67 bits per heavy atom. The lowest BCUT2D eigenvalue weighted by Gasteiger charge is -2.04. The van der Waals surface area contributed by atoms with Gasteiger partial charge in [-0.25, -0.2) is 4.98 Å². The number of nitrogen functional groups attached to an aromatic ring is 1. The summed E-state index contributed by atoms with van der Waals surface area (Å²) in [5, 5.41) is 0. The summed E-state index contributed by atoms with van der Waals surface area (Å²) in [5.41, 5.74) is 8.82. The Kier molecular flexibility index (Phi) is 2.73. The molecule has 0 aliphatic carbocycles. The number of anilines is 1. The molecule has 1 aromatic heterocycles. The molecule has 2 rings (SSSR count). The molecule has 3 heteroatoms. The van der Waals surface area contributed by atoms with E-state index in [1.54, 1.807) is 6.07 Å². The van der Waals surface area contributed by atoms with Crippen LogP contribution in [-0.4, -0.2) is 4.98 Å². The Hall–Kier alpha value is -1.35. The molecule has 0 fully saturated rings. The van der Waals surface area contributed by atoms with E-state index in [1.165, 1.54) is 5.56 Å². The van der Waals surface area contributed by atoms with Crippen LogP contribution in [0.25, 0.3) is 11.3 Å². The van der Waals surface area contributed by atoms with E-state index in [9.17, 15) is 0 Å². The Bertz CT molecular complexity index is 495. The molecule has 0 radical (unpaired) electrons. The average Bonchev–Trinajstić information content (AvgIpc) is 2.22. The maximum absolute atomic E-state index is 5.64. The molecule has 0 saturated heterocycles. The van der Waals surface area contributed by atoms with E-state index in [4.69, 9.17) is 5.73 Å². The summed E-state index contributed by atoms with van der Waals surface area (Å²) >= 11 is 3.50. The third-order valence-electron chi connectivity index (χ3n) is 2.24. The van der Waals surface area contributed by atoms with Crippen LogP contribution in [0.15, 0.2) is 40.9 Å². The van der Waals surface area contributed by atoms with Crippen LogP contribution in [0.3, 0.4) is 0 Å². The van der Waals surface area contributed by atoms with Crippen molar-refractivity contribution in [3.05, 3.63) is 46.4 Å². The summed E-state index contributed by atoms with van der Waals surface area (Å²) in [6.07, 6.45) is 0. The van der Waals surface area contributed by atoms with Crippen LogP contribution in [0.5, 0.6) is 0 Å². The first-order chi connectivity index (χ1) is 7.16. The Morgan fingerprint density at radius 2 is 2.00 bits per heavy atom. The topological polar surface area (TPSA) is 38.9 Å². The van der Waals surface area contributed by atoms with Crippen molar-refractivity contribution in [2.45, 2.75) is 6.92 Å². The van der Waals surface area contributed by atoms with Gasteiger partial charge in [0.25, 0.3) is 0 Å². The van der Waals surface area contributed by atoms with Gasteiger partial charge in [0.1, 0.15) is 5.82 Å². The molecule has 0 aliphatic heterocycles. The van der Waals surface area contributed by atoms with E-state index >= 15 is 0 Å². The lowest BCUT2D eigenvalue weighted by Crippen LogP contribution is -1.91. The zero-order valence-electron chi connectivity index (χ0n) is 8.37. The van der Waals surface area contributed by atoms with Gasteiger partial charge in [-0.2, -0.15) is 0 Å². The van der Waals surface area contributed by atoms with Gasteiger partial charge in [-0.15, -0.1) is 0 Å². The maximum Gasteiger partial charge on any atom is 0.124 e. The van der Waals surface area contributed by atoms with Crippen LogP contribution in [0.1, 0.15) is 5.56 Å². The number of rotatable bonds is 1. The van der Waals surface area contributed by atoms with E-state index < -0.39 is 0 Å². The minimum atomic E-state index is 0.546. The molecule has 2 aromatic rings. The van der Waals surface area contributed by atoms with Gasteiger partial charge in [-0.05, 0) is 30.7 Å². The summed E-state index contributed by atoms with van der Waals surface area (Å²) in [6, 6.07) is 11.8. The Balaban J connectivity index is 2.50. The van der Waals surface area contributed by atoms with E-state index in [2.05, 4.69) is 40.0 Å². The molecule has 0 unspecified atom stereocenters. The molecule has 0 saturated carbocycles. The second kappa shape index (κ2) is 4.03. The molecule has 0 bridgehead atoms. The summed E-state index contributed by atoms with van der Waals surface area (Å²) in [4.78, 5) is 4.27. The van der Waals surface area contributed by atoms with Gasteiger partial charge in [0.2, 0.25) is 0 Å². The molecule has 2 nitrogen and oxygen atoms in total. The standard InChI is InChI=1S/C12H11BrN2/c1-8-5-6-9(7-10(8)13)11-3-2-4-12(14)15-11/h2-7H,1H3,(H2,14,15). The molecule has 1 heterocycles. The smallest absolute Gasteiger partial charge is 0.124 e. The third-order valence-corrected chi connectivity index (χ3v) is 3.09. The molecule has 0 spiro atoms. The molecule has 1 aromatic carbocycles. The first-order valence-corrected chi connectivity index (χ1v) is 5.45. The van der Waals surface area contributed by atoms with E-state index in [0.29, 0.717) is 5.82 Å². The zero-order valence-corrected chi connectivity index (χ0v) is 9.95. The molecule has 0 aliphatic rings. The normalized spacial score (nSPS) is 10.3. The van der Waals surface area contributed by atoms with Crippen LogP contribution in [0.2, 0.25) is 0 Å². The fraction of sp³-hybridized carbons (Fsp3) is 0.0833. The summed E-state index contributed by atoms with van der Waals surface area (Å²) in [5.74, 6) is 0.546. The molecule has 0 atom stereocenters. The first-order valence-electron chi connectivity index (χ1n) is 4.66. The van der Waals surface area contributed by atoms with Crippen LogP contribution >= 0.6 is 15.9 Å². The van der Waals surface area contributed by atoms with Crippen molar-refractivity contribution in [2.75, 3.05) is 5.73 Å². The number of halogens is 1. The van der Waals surface area contributed by atoms with Crippen molar-refractivity contribution < 1.29 is 0 Å². The fourth-order valence-corrected chi connectivity index (χ4v) is 1.74. The van der Waals surface area contributed by atoms with Crippen LogP contribution in [-0.2, 0) is 0 Å². The summed E-state index contributed by atoms with van der Waals surface area (Å²) < 4.78 is 1.09. The van der Waals surface area contributed by atoms with Crippen molar-refractivity contribution >= 4 is 21.7 Å². The van der Waals surface area contributed by atoms with E-state index in [1.807, 2.05) is 18.2 Å². The average molecular weight is 263 g/mol. The van der Waals surface area contributed by atoms with Gasteiger partial charge < -0.3 is 5.73 Å². The van der Waals surface area contributed by atoms with Gasteiger partial charge in [0.15, 0.2) is 0 Å². The predicted molar refractivity (Wildman–Crippen MR) is 66.5 cm³/mol. The van der Waals surface area contributed by atoms with Gasteiger partial charge in [-0.3, -0.25) is 0 Å². The van der Waals surface area contributed by atoms with Crippen LogP contribution in [0.4, 0.5) is 5.82 Å². The van der Waals surface area contributed by atoms with E-state index in [-0.39, 0.29) is 0 Å². The quantitative estimate of drug-likeness (QED) is 0.856. The highest BCUT2D eigenvalue weighted by Gasteiger charge is 2.01. The highest BCUT2D eigenvalue weighted by Crippen LogP contribution is 2.24. The number of hydrogen-bond acceptors (Lipinski definition) is 2. The Morgan fingerprint density at radius 1 is 1.20 bits per heavy atom. The summed E-state index contributed by atoms with van der Waals surface area (Å²) in [6.45, 7) is 2.06. The number of nitrogens with zero attached hydrogens (tertiary/aromatic N) is 1. The van der Waals surface area contributed by atoms with Crippen molar-refractivity contribution in [2.24, 2.45) is 0 Å². The second-order valence-electron chi connectivity index (χ2n) is 3.41. The first kappa shape index (κ1) is 10.2. The zero-order chi connectivity index (χ0) is 10.8. The van der Waals surface area contributed by atoms with Gasteiger partial charge in [-0.1, -0.05) is 34.1 Å². The number of pyridine rings is 1. The predicted octanol–water partition coefficient (Wildman–Crippen LogP) is 3.40. The van der Waals surface area contributed by atoms with Crippen molar-refractivity contribution in [3.8, 4) is 11.3 Å². The fourth-order valence-electron chi connectivity index (χ4n) is 1.36. The third kappa shape index (κ3) is 2.18. The van der Waals surface area contributed by atoms with Crippen LogP contribution < -0.4 is 5.73 Å². The molecular formula is C12H11BrN2. The number of aromatic nitrogens is 1. The van der Waals surface area contributed by atoms with Gasteiger partial charge >= 0.3 is 0 Å². The number of nitrogens with two attached hydrogens (primary N) is 1. The monoisotopic (exact) mass is 262 g/mol. The largest absolute Gasteiger partial charge is 0.384 e. The highest BCUT2D eigenvalue weighted by atomic mass is 79.9. The molecular weight excluding hydrogens is 252 g/mol. The number of hydrogen-bond donors (Lipinski definition) is 1. The molecule has 76 valence electrons. The van der Waals surface area contributed by atoms with E-state index in [0.717, 1.165) is 15.7 Å².